The quantitative estimate of drug-likeness (QED) is 0.825. The van der Waals surface area contributed by atoms with Gasteiger partial charge in [0.25, 0.3) is 0 Å². The second-order valence-electron chi connectivity index (χ2n) is 4.45. The molecule has 0 aromatic carbocycles. The van der Waals surface area contributed by atoms with Crippen molar-refractivity contribution in [3.8, 4) is 0 Å². The second kappa shape index (κ2) is 6.55. The van der Waals surface area contributed by atoms with Crippen molar-refractivity contribution in [2.75, 3.05) is 19.5 Å². The summed E-state index contributed by atoms with van der Waals surface area (Å²) in [6, 6.07) is 1.99. The van der Waals surface area contributed by atoms with E-state index in [0.717, 1.165) is 30.2 Å². The number of rotatable bonds is 6. The Morgan fingerprint density at radius 1 is 1.35 bits per heavy atom. The van der Waals surface area contributed by atoms with Crippen LogP contribution in [0.15, 0.2) is 6.07 Å². The van der Waals surface area contributed by atoms with Gasteiger partial charge in [-0.15, -0.1) is 0 Å². The topological polar surface area (TPSA) is 47.0 Å². The molecular formula is C13H23N3O. The first kappa shape index (κ1) is 13.9. The Kier molecular flexibility index (Phi) is 5.35. The zero-order valence-electron chi connectivity index (χ0n) is 11.4. The lowest BCUT2D eigenvalue weighted by Gasteiger charge is -2.16. The van der Waals surface area contributed by atoms with E-state index in [1.165, 1.54) is 0 Å². The highest BCUT2D eigenvalue weighted by atomic mass is 16.5. The number of aromatic nitrogens is 2. The average Bonchev–Trinajstić information content (AvgIpc) is 2.35. The SMILES string of the molecule is CCCC(OC)c1nc(NC)cc(C(C)C)n1. The summed E-state index contributed by atoms with van der Waals surface area (Å²) >= 11 is 0. The van der Waals surface area contributed by atoms with Crippen LogP contribution in [0.3, 0.4) is 0 Å². The Morgan fingerprint density at radius 2 is 2.06 bits per heavy atom. The molecule has 0 saturated heterocycles. The lowest BCUT2D eigenvalue weighted by Crippen LogP contribution is -2.11. The van der Waals surface area contributed by atoms with Crippen molar-refractivity contribution in [3.05, 3.63) is 17.6 Å². The molecule has 96 valence electrons. The van der Waals surface area contributed by atoms with Crippen molar-refractivity contribution in [2.24, 2.45) is 0 Å². The lowest BCUT2D eigenvalue weighted by atomic mass is 10.1. The monoisotopic (exact) mass is 237 g/mol. The van der Waals surface area contributed by atoms with Crippen LogP contribution in [-0.4, -0.2) is 24.1 Å². The van der Waals surface area contributed by atoms with E-state index in [-0.39, 0.29) is 6.10 Å². The minimum atomic E-state index is -0.00852. The Bertz CT molecular complexity index is 353. The highest BCUT2D eigenvalue weighted by molar-refractivity contribution is 5.36. The third kappa shape index (κ3) is 3.66. The van der Waals surface area contributed by atoms with Gasteiger partial charge in [-0.25, -0.2) is 9.97 Å². The Hall–Kier alpha value is -1.16. The van der Waals surface area contributed by atoms with Gasteiger partial charge >= 0.3 is 0 Å². The van der Waals surface area contributed by atoms with Crippen LogP contribution in [0.25, 0.3) is 0 Å². The molecule has 1 aromatic heterocycles. The number of nitrogens with zero attached hydrogens (tertiary/aromatic N) is 2. The molecule has 0 aliphatic rings. The van der Waals surface area contributed by atoms with Gasteiger partial charge < -0.3 is 10.1 Å². The normalized spacial score (nSPS) is 12.8. The van der Waals surface area contributed by atoms with Crippen molar-refractivity contribution >= 4 is 5.82 Å². The van der Waals surface area contributed by atoms with E-state index in [4.69, 9.17) is 4.74 Å². The van der Waals surface area contributed by atoms with E-state index >= 15 is 0 Å². The van der Waals surface area contributed by atoms with Crippen molar-refractivity contribution in [3.63, 3.8) is 0 Å². The third-order valence-electron chi connectivity index (χ3n) is 2.73. The number of ether oxygens (including phenoxy) is 1. The molecule has 1 rings (SSSR count). The van der Waals surface area contributed by atoms with Gasteiger partial charge in [-0.1, -0.05) is 27.2 Å². The van der Waals surface area contributed by atoms with Crippen LogP contribution in [0.5, 0.6) is 0 Å². The lowest BCUT2D eigenvalue weighted by molar-refractivity contribution is 0.0875. The first-order valence-electron chi connectivity index (χ1n) is 6.21. The third-order valence-corrected chi connectivity index (χ3v) is 2.73. The van der Waals surface area contributed by atoms with Gasteiger partial charge in [0.15, 0.2) is 5.82 Å². The molecule has 1 atom stereocenters. The molecule has 17 heavy (non-hydrogen) atoms. The standard InChI is InChI=1S/C13H23N3O/c1-6-7-11(17-5)13-15-10(9(2)3)8-12(14-4)16-13/h8-9,11H,6-7H2,1-5H3,(H,14,15,16). The summed E-state index contributed by atoms with van der Waals surface area (Å²) in [7, 11) is 3.59. The Morgan fingerprint density at radius 3 is 2.53 bits per heavy atom. The van der Waals surface area contributed by atoms with Crippen molar-refractivity contribution < 1.29 is 4.74 Å². The molecule has 0 aliphatic carbocycles. The largest absolute Gasteiger partial charge is 0.373 e. The molecule has 1 aromatic rings. The summed E-state index contributed by atoms with van der Waals surface area (Å²) < 4.78 is 5.46. The Labute approximate surface area is 104 Å². The van der Waals surface area contributed by atoms with Crippen LogP contribution < -0.4 is 5.32 Å². The van der Waals surface area contributed by atoms with Crippen LogP contribution in [0.2, 0.25) is 0 Å². The zero-order chi connectivity index (χ0) is 12.8. The van der Waals surface area contributed by atoms with Gasteiger partial charge in [-0.05, 0) is 12.3 Å². The summed E-state index contributed by atoms with van der Waals surface area (Å²) in [5.41, 5.74) is 1.05. The summed E-state index contributed by atoms with van der Waals surface area (Å²) in [5.74, 6) is 2.03. The number of hydrogen-bond donors (Lipinski definition) is 1. The summed E-state index contributed by atoms with van der Waals surface area (Å²) in [5, 5.41) is 3.08. The van der Waals surface area contributed by atoms with Crippen molar-refractivity contribution in [1.29, 1.82) is 0 Å². The molecule has 1 heterocycles. The van der Waals surface area contributed by atoms with E-state index in [9.17, 15) is 0 Å². The number of hydrogen-bond acceptors (Lipinski definition) is 4. The van der Waals surface area contributed by atoms with E-state index < -0.39 is 0 Å². The number of anilines is 1. The maximum absolute atomic E-state index is 5.46. The first-order chi connectivity index (χ1) is 8.12. The average molecular weight is 237 g/mol. The number of nitrogens with one attached hydrogen (secondary N) is 1. The smallest absolute Gasteiger partial charge is 0.159 e. The predicted octanol–water partition coefficient (Wildman–Crippen LogP) is 3.13. The molecule has 0 amide bonds. The van der Waals surface area contributed by atoms with Gasteiger partial charge in [-0.2, -0.15) is 0 Å². The fourth-order valence-electron chi connectivity index (χ4n) is 1.67. The maximum Gasteiger partial charge on any atom is 0.159 e. The molecule has 4 nitrogen and oxygen atoms in total. The van der Waals surface area contributed by atoms with E-state index in [1.807, 2.05) is 13.1 Å². The molecule has 0 radical (unpaired) electrons. The van der Waals surface area contributed by atoms with Crippen LogP contribution in [-0.2, 0) is 4.74 Å². The van der Waals surface area contributed by atoms with Gasteiger partial charge in [0.2, 0.25) is 0 Å². The van der Waals surface area contributed by atoms with Crippen LogP contribution in [0.1, 0.15) is 57.2 Å². The van der Waals surface area contributed by atoms with Crippen LogP contribution in [0, 0.1) is 0 Å². The molecular weight excluding hydrogens is 214 g/mol. The van der Waals surface area contributed by atoms with Crippen molar-refractivity contribution in [2.45, 2.75) is 45.6 Å². The van der Waals surface area contributed by atoms with Gasteiger partial charge in [0.05, 0.1) is 0 Å². The van der Waals surface area contributed by atoms with Crippen molar-refractivity contribution in [1.82, 2.24) is 9.97 Å². The fourth-order valence-corrected chi connectivity index (χ4v) is 1.67. The highest BCUT2D eigenvalue weighted by Gasteiger charge is 2.15. The summed E-state index contributed by atoms with van der Waals surface area (Å²) in [6.07, 6.45) is 2.00. The van der Waals surface area contributed by atoms with E-state index in [1.54, 1.807) is 7.11 Å². The molecule has 0 spiro atoms. The first-order valence-corrected chi connectivity index (χ1v) is 6.21. The van der Waals surface area contributed by atoms with E-state index in [0.29, 0.717) is 5.92 Å². The van der Waals surface area contributed by atoms with Crippen LogP contribution in [0.4, 0.5) is 5.82 Å². The zero-order valence-corrected chi connectivity index (χ0v) is 11.4. The van der Waals surface area contributed by atoms with Gasteiger partial charge in [0.1, 0.15) is 11.9 Å². The molecule has 0 fully saturated rings. The number of methoxy groups -OCH3 is 1. The molecule has 0 aliphatic heterocycles. The summed E-state index contributed by atoms with van der Waals surface area (Å²) in [4.78, 5) is 9.07. The molecule has 0 saturated carbocycles. The fraction of sp³-hybridized carbons (Fsp3) is 0.692. The van der Waals surface area contributed by atoms with Gasteiger partial charge in [0, 0.05) is 25.9 Å². The molecule has 4 heteroatoms. The predicted molar refractivity (Wildman–Crippen MR) is 70.3 cm³/mol. The minimum absolute atomic E-state index is 0.00852. The molecule has 1 unspecified atom stereocenters. The highest BCUT2D eigenvalue weighted by Crippen LogP contribution is 2.23. The maximum atomic E-state index is 5.46. The minimum Gasteiger partial charge on any atom is -0.373 e. The Balaban J connectivity index is 3.08. The van der Waals surface area contributed by atoms with Gasteiger partial charge in [-0.3, -0.25) is 0 Å². The second-order valence-corrected chi connectivity index (χ2v) is 4.45. The van der Waals surface area contributed by atoms with Crippen LogP contribution >= 0.6 is 0 Å². The molecule has 0 bridgehead atoms. The summed E-state index contributed by atoms with van der Waals surface area (Å²) in [6.45, 7) is 6.40. The molecule has 1 N–H and O–H groups in total. The van der Waals surface area contributed by atoms with E-state index in [2.05, 4.69) is 36.1 Å².